The number of carboxylic acids is 1. The normalized spacial score (nSPS) is 13.1. The molecular formula is C10H18N2O8S. The van der Waals surface area contributed by atoms with Crippen molar-refractivity contribution in [2.45, 2.75) is 38.8 Å². The zero-order chi connectivity index (χ0) is 16.8. The second-order valence-electron chi connectivity index (χ2n) is 4.90. The molecule has 0 aliphatic heterocycles. The average Bonchev–Trinajstić information content (AvgIpc) is 2.24. The highest BCUT2D eigenvalue weighted by Crippen LogP contribution is 2.09. The van der Waals surface area contributed by atoms with E-state index in [0.717, 1.165) is 7.11 Å². The maximum absolute atomic E-state index is 11.5. The maximum atomic E-state index is 11.5. The number of rotatable bonds is 6. The molecule has 1 atom stereocenters. The third kappa shape index (κ3) is 8.81. The van der Waals surface area contributed by atoms with Gasteiger partial charge in [0, 0.05) is 0 Å². The largest absolute Gasteiger partial charge is 0.480 e. The highest BCUT2D eigenvalue weighted by Gasteiger charge is 2.29. The quantitative estimate of drug-likeness (QED) is 0.546. The van der Waals surface area contributed by atoms with Crippen molar-refractivity contribution in [2.24, 2.45) is 0 Å². The Labute approximate surface area is 122 Å². The number of nitrogens with one attached hydrogen (secondary N) is 2. The lowest BCUT2D eigenvalue weighted by atomic mass is 10.2. The number of hydrogen-bond donors (Lipinski definition) is 3. The van der Waals surface area contributed by atoms with Crippen molar-refractivity contribution in [3.63, 3.8) is 0 Å². The number of carbonyl (C=O) groups excluding carboxylic acids is 2. The van der Waals surface area contributed by atoms with Crippen LogP contribution in [0.25, 0.3) is 0 Å². The molecule has 0 fully saturated rings. The van der Waals surface area contributed by atoms with Gasteiger partial charge in [-0.25, -0.2) is 9.52 Å². The molecule has 11 heteroatoms. The van der Waals surface area contributed by atoms with Gasteiger partial charge in [0.15, 0.2) is 0 Å². The van der Waals surface area contributed by atoms with Gasteiger partial charge in [0.25, 0.3) is 0 Å². The van der Waals surface area contributed by atoms with Gasteiger partial charge in [0.2, 0.25) is 0 Å². The minimum absolute atomic E-state index is 0.741. The molecule has 0 rings (SSSR count). The molecule has 0 aromatic rings. The fourth-order valence-electron chi connectivity index (χ4n) is 1.10. The van der Waals surface area contributed by atoms with Crippen LogP contribution < -0.4 is 9.44 Å². The molecule has 0 aliphatic carbocycles. The van der Waals surface area contributed by atoms with Crippen molar-refractivity contribution in [1.29, 1.82) is 0 Å². The summed E-state index contributed by atoms with van der Waals surface area (Å²) in [5, 5.41) is 8.90. The third-order valence-electron chi connectivity index (χ3n) is 1.79. The van der Waals surface area contributed by atoms with E-state index in [9.17, 15) is 22.8 Å². The van der Waals surface area contributed by atoms with E-state index in [1.807, 2.05) is 0 Å². The molecule has 3 N–H and O–H groups in total. The van der Waals surface area contributed by atoms with Crippen LogP contribution in [0, 0.1) is 0 Å². The maximum Gasteiger partial charge on any atom is 0.421 e. The molecule has 0 bridgehead atoms. The van der Waals surface area contributed by atoms with Gasteiger partial charge in [0.1, 0.15) is 11.6 Å². The van der Waals surface area contributed by atoms with E-state index >= 15 is 0 Å². The second-order valence-corrected chi connectivity index (χ2v) is 6.34. The second kappa shape index (κ2) is 7.22. The van der Waals surface area contributed by atoms with E-state index in [1.54, 1.807) is 25.5 Å². The molecule has 0 saturated heterocycles. The van der Waals surface area contributed by atoms with Gasteiger partial charge in [-0.05, 0) is 20.8 Å². The van der Waals surface area contributed by atoms with Crippen molar-refractivity contribution in [3.05, 3.63) is 0 Å². The lowest BCUT2D eigenvalue weighted by molar-refractivity contribution is -0.158. The van der Waals surface area contributed by atoms with E-state index < -0.39 is 46.3 Å². The molecule has 0 aliphatic rings. The molecule has 0 saturated carbocycles. The lowest BCUT2D eigenvalue weighted by Gasteiger charge is -2.21. The van der Waals surface area contributed by atoms with Crippen LogP contribution in [0.2, 0.25) is 0 Å². The number of hydrogen-bond acceptors (Lipinski definition) is 7. The van der Waals surface area contributed by atoms with Crippen LogP contribution in [-0.4, -0.2) is 50.3 Å². The van der Waals surface area contributed by atoms with Crippen LogP contribution in [0.1, 0.15) is 27.2 Å². The molecule has 0 aromatic heterocycles. The first-order chi connectivity index (χ1) is 9.36. The average molecular weight is 326 g/mol. The summed E-state index contributed by atoms with van der Waals surface area (Å²) in [6.07, 6.45) is -2.04. The number of ether oxygens (including phenoxy) is 2. The van der Waals surface area contributed by atoms with Crippen molar-refractivity contribution in [2.75, 3.05) is 7.11 Å². The summed E-state index contributed by atoms with van der Waals surface area (Å²) in [4.78, 5) is 33.3. The summed E-state index contributed by atoms with van der Waals surface area (Å²) in [7, 11) is -3.56. The first-order valence-corrected chi connectivity index (χ1v) is 7.17. The summed E-state index contributed by atoms with van der Waals surface area (Å²) >= 11 is 0. The molecular weight excluding hydrogens is 308 g/mol. The van der Waals surface area contributed by atoms with Crippen LogP contribution >= 0.6 is 0 Å². The summed E-state index contributed by atoms with van der Waals surface area (Å²) in [6.45, 7) is 4.72. The minimum atomic E-state index is -4.49. The Kier molecular flexibility index (Phi) is 6.57. The standard InChI is InChI=1S/C10H18N2O8S/c1-10(2,3)20-7(13)5-6(8(14)15)11-21(17,18)12-9(16)19-4/h6,11H,5H2,1-4H3,(H,12,16)(H,14,15)/t6-/m0/s1. The van der Waals surface area contributed by atoms with Crippen LogP contribution in [0.15, 0.2) is 0 Å². The fourth-order valence-corrected chi connectivity index (χ4v) is 2.02. The van der Waals surface area contributed by atoms with Gasteiger partial charge in [-0.3, -0.25) is 9.59 Å². The Morgan fingerprint density at radius 2 is 1.76 bits per heavy atom. The number of methoxy groups -OCH3 is 1. The number of carbonyl (C=O) groups is 3. The first-order valence-electron chi connectivity index (χ1n) is 5.69. The predicted octanol–water partition coefficient (Wildman–Crippen LogP) is -0.638. The van der Waals surface area contributed by atoms with Crippen LogP contribution in [0.4, 0.5) is 4.79 Å². The molecule has 1 amide bonds. The summed E-state index contributed by atoms with van der Waals surface area (Å²) in [5.74, 6) is -2.51. The van der Waals surface area contributed by atoms with E-state index in [-0.39, 0.29) is 0 Å². The van der Waals surface area contributed by atoms with E-state index in [1.165, 1.54) is 4.72 Å². The fraction of sp³-hybridized carbons (Fsp3) is 0.700. The van der Waals surface area contributed by atoms with Crippen molar-refractivity contribution < 1.29 is 37.4 Å². The van der Waals surface area contributed by atoms with Crippen molar-refractivity contribution >= 4 is 28.2 Å². The molecule has 0 radical (unpaired) electrons. The van der Waals surface area contributed by atoms with Gasteiger partial charge in [-0.1, -0.05) is 0 Å². The molecule has 21 heavy (non-hydrogen) atoms. The molecule has 0 aromatic carbocycles. The number of esters is 1. The topological polar surface area (TPSA) is 148 Å². The van der Waals surface area contributed by atoms with E-state index in [4.69, 9.17) is 9.84 Å². The Balaban J connectivity index is 4.82. The zero-order valence-corrected chi connectivity index (χ0v) is 12.8. The summed E-state index contributed by atoms with van der Waals surface area (Å²) < 4.78 is 34.9. The van der Waals surface area contributed by atoms with E-state index in [0.29, 0.717) is 0 Å². The zero-order valence-electron chi connectivity index (χ0n) is 12.0. The summed E-state index contributed by atoms with van der Waals surface area (Å²) in [5.41, 5.74) is -0.844. The smallest absolute Gasteiger partial charge is 0.421 e. The van der Waals surface area contributed by atoms with Gasteiger partial charge in [-0.2, -0.15) is 13.1 Å². The number of carboxylic acid groups (broad SMARTS) is 1. The van der Waals surface area contributed by atoms with Crippen LogP contribution in [0.3, 0.4) is 0 Å². The van der Waals surface area contributed by atoms with E-state index in [2.05, 4.69) is 4.74 Å². The number of aliphatic carboxylic acids is 1. The highest BCUT2D eigenvalue weighted by molar-refractivity contribution is 7.88. The molecule has 0 unspecified atom stereocenters. The monoisotopic (exact) mass is 326 g/mol. The van der Waals surface area contributed by atoms with Gasteiger partial charge < -0.3 is 14.6 Å². The third-order valence-corrected chi connectivity index (χ3v) is 2.82. The van der Waals surface area contributed by atoms with Crippen LogP contribution in [0.5, 0.6) is 0 Å². The van der Waals surface area contributed by atoms with Gasteiger partial charge >= 0.3 is 28.2 Å². The van der Waals surface area contributed by atoms with Gasteiger partial charge in [0.05, 0.1) is 13.5 Å². The predicted molar refractivity (Wildman–Crippen MR) is 69.5 cm³/mol. The first kappa shape index (κ1) is 19.1. The van der Waals surface area contributed by atoms with Crippen molar-refractivity contribution in [3.8, 4) is 0 Å². The Morgan fingerprint density at radius 3 is 2.14 bits per heavy atom. The van der Waals surface area contributed by atoms with Crippen molar-refractivity contribution in [1.82, 2.24) is 9.44 Å². The lowest BCUT2D eigenvalue weighted by Crippen LogP contribution is -2.49. The van der Waals surface area contributed by atoms with Crippen LogP contribution in [-0.2, 0) is 29.3 Å². The Hall–Kier alpha value is -1.88. The van der Waals surface area contributed by atoms with Gasteiger partial charge in [-0.15, -0.1) is 0 Å². The number of amides is 1. The Bertz CT molecular complexity index is 508. The summed E-state index contributed by atoms with van der Waals surface area (Å²) in [6, 6.07) is -1.79. The highest BCUT2D eigenvalue weighted by atomic mass is 32.2. The minimum Gasteiger partial charge on any atom is -0.480 e. The molecule has 10 nitrogen and oxygen atoms in total. The Morgan fingerprint density at radius 1 is 1.24 bits per heavy atom. The molecule has 122 valence electrons. The molecule has 0 spiro atoms. The SMILES string of the molecule is COC(=O)NS(=O)(=O)N[C@@H](CC(=O)OC(C)(C)C)C(=O)O. The molecule has 0 heterocycles.